The predicted molar refractivity (Wildman–Crippen MR) is 104 cm³/mol. The molecule has 1 aliphatic carbocycles. The fraction of sp³-hybridized carbons (Fsp3) is 0.800. The van der Waals surface area contributed by atoms with Crippen molar-refractivity contribution < 1.29 is 9.84 Å². The van der Waals surface area contributed by atoms with Crippen LogP contribution in [0.5, 0.6) is 0 Å². The van der Waals surface area contributed by atoms with Crippen molar-refractivity contribution in [2.24, 2.45) is 0 Å². The number of piperidine rings is 1. The minimum atomic E-state index is -0.429. The van der Waals surface area contributed by atoms with E-state index in [1.165, 1.54) is 69.3 Å². The molecule has 1 aromatic rings. The Hall–Kier alpha value is -0.460. The molecule has 1 saturated carbocycles. The Bertz CT molecular complexity index is 468. The molecule has 142 valence electrons. The van der Waals surface area contributed by atoms with Gasteiger partial charge in [-0.05, 0) is 50.2 Å². The van der Waals surface area contributed by atoms with E-state index in [-0.39, 0.29) is 0 Å². The van der Waals surface area contributed by atoms with Gasteiger partial charge in [0.05, 0.1) is 19.3 Å². The third-order valence-electron chi connectivity index (χ3n) is 5.78. The normalized spacial score (nSPS) is 22.8. The van der Waals surface area contributed by atoms with Gasteiger partial charge < -0.3 is 15.2 Å². The number of hydrogen-bond acceptors (Lipinski definition) is 5. The molecule has 1 unspecified atom stereocenters. The molecule has 0 amide bonds. The first-order valence-electron chi connectivity index (χ1n) is 10.0. The number of nitrogens with zero attached hydrogens (tertiary/aromatic N) is 1. The molecule has 1 saturated heterocycles. The highest BCUT2D eigenvalue weighted by Crippen LogP contribution is 2.35. The second-order valence-electron chi connectivity index (χ2n) is 7.71. The molecule has 3 rings (SSSR count). The number of ether oxygens (including phenoxy) is 1. The number of likely N-dealkylation sites (tertiary alicyclic amines) is 1. The summed E-state index contributed by atoms with van der Waals surface area (Å²) in [5.74, 6) is 0. The molecule has 0 aromatic carbocycles. The van der Waals surface area contributed by atoms with Crippen molar-refractivity contribution in [3.63, 3.8) is 0 Å². The lowest BCUT2D eigenvalue weighted by atomic mass is 9.79. The van der Waals surface area contributed by atoms with Crippen LogP contribution in [0.4, 0.5) is 0 Å². The third kappa shape index (κ3) is 5.76. The maximum absolute atomic E-state index is 10.2. The zero-order valence-corrected chi connectivity index (χ0v) is 16.2. The fourth-order valence-corrected chi connectivity index (χ4v) is 5.04. The van der Waals surface area contributed by atoms with Crippen LogP contribution < -0.4 is 5.32 Å². The van der Waals surface area contributed by atoms with Crippen molar-refractivity contribution in [2.75, 3.05) is 32.8 Å². The van der Waals surface area contributed by atoms with Crippen LogP contribution in [-0.2, 0) is 11.3 Å². The van der Waals surface area contributed by atoms with Crippen molar-refractivity contribution in [3.05, 3.63) is 22.4 Å². The number of aliphatic hydroxyl groups is 1. The first kappa shape index (κ1) is 19.3. The monoisotopic (exact) mass is 366 g/mol. The molecule has 25 heavy (non-hydrogen) atoms. The van der Waals surface area contributed by atoms with Gasteiger partial charge in [0, 0.05) is 23.5 Å². The topological polar surface area (TPSA) is 44.7 Å². The quantitative estimate of drug-likeness (QED) is 0.703. The van der Waals surface area contributed by atoms with Crippen LogP contribution in [0.2, 0.25) is 0 Å². The highest BCUT2D eigenvalue weighted by molar-refractivity contribution is 7.09. The summed E-state index contributed by atoms with van der Waals surface area (Å²) in [4.78, 5) is 3.97. The molecule has 1 aromatic heterocycles. The maximum Gasteiger partial charge on any atom is 0.0897 e. The zero-order chi connectivity index (χ0) is 17.4. The predicted octanol–water partition coefficient (Wildman–Crippen LogP) is 3.40. The molecule has 2 aliphatic rings. The van der Waals surface area contributed by atoms with E-state index < -0.39 is 6.10 Å². The second-order valence-corrected chi connectivity index (χ2v) is 8.74. The van der Waals surface area contributed by atoms with Crippen LogP contribution >= 0.6 is 11.3 Å². The third-order valence-corrected chi connectivity index (χ3v) is 6.63. The van der Waals surface area contributed by atoms with Crippen molar-refractivity contribution in [1.29, 1.82) is 0 Å². The highest BCUT2D eigenvalue weighted by Gasteiger charge is 2.37. The van der Waals surface area contributed by atoms with Gasteiger partial charge in [0.15, 0.2) is 0 Å². The average molecular weight is 367 g/mol. The zero-order valence-electron chi connectivity index (χ0n) is 15.4. The molecule has 2 N–H and O–H groups in total. The number of hydrogen-bond donors (Lipinski definition) is 2. The first-order valence-corrected chi connectivity index (χ1v) is 10.9. The van der Waals surface area contributed by atoms with E-state index in [1.54, 1.807) is 11.3 Å². The summed E-state index contributed by atoms with van der Waals surface area (Å²) >= 11 is 1.70. The smallest absolute Gasteiger partial charge is 0.0897 e. The van der Waals surface area contributed by atoms with Crippen LogP contribution in [0.15, 0.2) is 17.5 Å². The molecule has 0 bridgehead atoms. The van der Waals surface area contributed by atoms with Gasteiger partial charge in [0.1, 0.15) is 0 Å². The van der Waals surface area contributed by atoms with Crippen LogP contribution in [0, 0.1) is 0 Å². The van der Waals surface area contributed by atoms with E-state index >= 15 is 0 Å². The Morgan fingerprint density at radius 3 is 2.64 bits per heavy atom. The molecule has 0 spiro atoms. The van der Waals surface area contributed by atoms with Gasteiger partial charge in [-0.3, -0.25) is 4.90 Å². The van der Waals surface area contributed by atoms with E-state index in [1.807, 2.05) is 6.07 Å². The number of aliphatic hydroxyl groups excluding tert-OH is 1. The minimum Gasteiger partial charge on any atom is -0.389 e. The maximum atomic E-state index is 10.2. The summed E-state index contributed by atoms with van der Waals surface area (Å²) in [7, 11) is 0. The summed E-state index contributed by atoms with van der Waals surface area (Å²) in [6.07, 6.45) is 10.4. The summed E-state index contributed by atoms with van der Waals surface area (Å²) in [5, 5.41) is 15.8. The number of nitrogens with one attached hydrogen (secondary N) is 1. The molecular formula is C20H34N2O2S. The van der Waals surface area contributed by atoms with Gasteiger partial charge >= 0.3 is 0 Å². The van der Waals surface area contributed by atoms with Crippen molar-refractivity contribution in [1.82, 2.24) is 10.2 Å². The molecule has 2 heterocycles. The van der Waals surface area contributed by atoms with E-state index in [4.69, 9.17) is 4.74 Å². The van der Waals surface area contributed by atoms with Gasteiger partial charge in [-0.2, -0.15) is 0 Å². The Kier molecular flexibility index (Phi) is 7.74. The SMILES string of the molecule is OC(CNCC1(N2CCCCC2)CCCCC1)COCc1cccs1. The number of rotatable bonds is 9. The van der Waals surface area contributed by atoms with E-state index in [2.05, 4.69) is 21.7 Å². The summed E-state index contributed by atoms with van der Waals surface area (Å²) in [6, 6.07) is 4.10. The summed E-state index contributed by atoms with van der Waals surface area (Å²) in [6.45, 7) is 5.16. The van der Waals surface area contributed by atoms with Gasteiger partial charge in [0.25, 0.3) is 0 Å². The Labute approximate surface area is 156 Å². The van der Waals surface area contributed by atoms with E-state index in [9.17, 15) is 5.11 Å². The molecule has 5 heteroatoms. The largest absolute Gasteiger partial charge is 0.389 e. The Morgan fingerprint density at radius 1 is 1.16 bits per heavy atom. The minimum absolute atomic E-state index is 0.330. The van der Waals surface area contributed by atoms with E-state index in [0.29, 0.717) is 25.3 Å². The van der Waals surface area contributed by atoms with Crippen LogP contribution in [-0.4, -0.2) is 54.4 Å². The lowest BCUT2D eigenvalue weighted by Crippen LogP contribution is -2.58. The lowest BCUT2D eigenvalue weighted by Gasteiger charge is -2.48. The molecule has 0 radical (unpaired) electrons. The molecular weight excluding hydrogens is 332 g/mol. The van der Waals surface area contributed by atoms with Crippen molar-refractivity contribution in [2.45, 2.75) is 69.6 Å². The first-order chi connectivity index (χ1) is 12.3. The fourth-order valence-electron chi connectivity index (χ4n) is 4.40. The lowest BCUT2D eigenvalue weighted by molar-refractivity contribution is 0.0156. The van der Waals surface area contributed by atoms with Crippen LogP contribution in [0.25, 0.3) is 0 Å². The van der Waals surface area contributed by atoms with Crippen molar-refractivity contribution in [3.8, 4) is 0 Å². The summed E-state index contributed by atoms with van der Waals surface area (Å²) in [5.41, 5.74) is 0.330. The van der Waals surface area contributed by atoms with Gasteiger partial charge in [0.2, 0.25) is 0 Å². The molecule has 1 atom stereocenters. The Balaban J connectivity index is 1.39. The molecule has 1 aliphatic heterocycles. The molecule has 4 nitrogen and oxygen atoms in total. The van der Waals surface area contributed by atoms with Crippen molar-refractivity contribution >= 4 is 11.3 Å². The number of thiophene rings is 1. The van der Waals surface area contributed by atoms with Crippen LogP contribution in [0.1, 0.15) is 56.2 Å². The van der Waals surface area contributed by atoms with Gasteiger partial charge in [-0.25, -0.2) is 0 Å². The summed E-state index contributed by atoms with van der Waals surface area (Å²) < 4.78 is 5.63. The average Bonchev–Trinajstić information content (AvgIpc) is 3.17. The highest BCUT2D eigenvalue weighted by atomic mass is 32.1. The standard InChI is InChI=1S/C20H34N2O2S/c23-18(15-24-16-19-8-7-13-25-19)14-21-17-20(9-3-1-4-10-20)22-11-5-2-6-12-22/h7-8,13,18,21,23H,1-6,9-12,14-17H2. The van der Waals surface area contributed by atoms with Crippen LogP contribution in [0.3, 0.4) is 0 Å². The van der Waals surface area contributed by atoms with Gasteiger partial charge in [-0.1, -0.05) is 31.7 Å². The van der Waals surface area contributed by atoms with Gasteiger partial charge in [-0.15, -0.1) is 11.3 Å². The second kappa shape index (κ2) is 10.0. The molecule has 2 fully saturated rings. The Morgan fingerprint density at radius 2 is 1.92 bits per heavy atom. The van der Waals surface area contributed by atoms with E-state index in [0.717, 1.165) is 6.54 Å².